The molecular formula is C22H20ClNO2S. The zero-order valence-electron chi connectivity index (χ0n) is 15.3. The lowest BCUT2D eigenvalue weighted by Gasteiger charge is -2.14. The number of hydrogen-bond donors (Lipinski definition) is 0. The van der Waals surface area contributed by atoms with Gasteiger partial charge in [-0.25, -0.2) is 0 Å². The van der Waals surface area contributed by atoms with Gasteiger partial charge in [-0.3, -0.25) is 0 Å². The van der Waals surface area contributed by atoms with Crippen LogP contribution in [0, 0.1) is 6.92 Å². The number of rotatable bonds is 5. The fourth-order valence-electron chi connectivity index (χ4n) is 3.20. The molecule has 1 aromatic heterocycles. The van der Waals surface area contributed by atoms with Crippen LogP contribution in [0.1, 0.15) is 30.0 Å². The van der Waals surface area contributed by atoms with Gasteiger partial charge < -0.3 is 9.57 Å². The van der Waals surface area contributed by atoms with Crippen molar-refractivity contribution in [3.8, 4) is 5.75 Å². The van der Waals surface area contributed by atoms with Crippen LogP contribution in [0.15, 0.2) is 53.0 Å². The number of fused-ring (bicyclic) bond motifs is 1. The van der Waals surface area contributed by atoms with Crippen molar-refractivity contribution in [3.63, 3.8) is 0 Å². The van der Waals surface area contributed by atoms with Crippen LogP contribution in [0.5, 0.6) is 5.75 Å². The lowest BCUT2D eigenvalue weighted by molar-refractivity contribution is 0.282. The first-order valence-electron chi connectivity index (χ1n) is 8.96. The Morgan fingerprint density at radius 3 is 2.74 bits per heavy atom. The van der Waals surface area contributed by atoms with Crippen molar-refractivity contribution in [1.29, 1.82) is 0 Å². The number of hydrogen-bond acceptors (Lipinski definition) is 4. The summed E-state index contributed by atoms with van der Waals surface area (Å²) in [7, 11) is 0. The maximum Gasteiger partial charge on any atom is 0.161 e. The lowest BCUT2D eigenvalue weighted by atomic mass is 10.1. The average Bonchev–Trinajstić information content (AvgIpc) is 3.11. The molecule has 5 heteroatoms. The topological polar surface area (TPSA) is 30.8 Å². The number of oxime groups is 1. The second-order valence-electron chi connectivity index (χ2n) is 6.54. The second-order valence-corrected chi connectivity index (χ2v) is 7.89. The molecule has 0 amide bonds. The largest absolute Gasteiger partial charge is 0.487 e. The summed E-state index contributed by atoms with van der Waals surface area (Å²) in [4.78, 5) is 5.54. The Bertz CT molecular complexity index is 1030. The van der Waals surface area contributed by atoms with Crippen molar-refractivity contribution < 1.29 is 9.57 Å². The Morgan fingerprint density at radius 2 is 2.04 bits per heavy atom. The number of aryl methyl sites for hydroxylation is 2. The van der Waals surface area contributed by atoms with Crippen LogP contribution in [0.4, 0.5) is 0 Å². The molecule has 2 heterocycles. The summed E-state index contributed by atoms with van der Waals surface area (Å²) in [5.41, 5.74) is 4.50. The minimum absolute atomic E-state index is 0.418. The molecule has 0 bridgehead atoms. The Hall–Kier alpha value is -2.30. The number of benzene rings is 2. The third kappa shape index (κ3) is 3.87. The highest BCUT2D eigenvalue weighted by molar-refractivity contribution is 7.17. The summed E-state index contributed by atoms with van der Waals surface area (Å²) in [6, 6.07) is 11.8. The predicted octanol–water partition coefficient (Wildman–Crippen LogP) is 6.62. The van der Waals surface area contributed by atoms with Gasteiger partial charge in [-0.1, -0.05) is 23.7 Å². The van der Waals surface area contributed by atoms with E-state index in [-0.39, 0.29) is 0 Å². The van der Waals surface area contributed by atoms with Gasteiger partial charge in [-0.2, -0.15) is 0 Å². The SMILES string of the molecule is CCc1csc2cc(OCC3=NOC(c4ccc(Cl)cc4)=CC3)cc(C)c12. The minimum Gasteiger partial charge on any atom is -0.487 e. The summed E-state index contributed by atoms with van der Waals surface area (Å²) in [6.07, 6.45) is 3.78. The predicted molar refractivity (Wildman–Crippen MR) is 114 cm³/mol. The van der Waals surface area contributed by atoms with Crippen molar-refractivity contribution >= 4 is 44.5 Å². The molecule has 2 aromatic carbocycles. The molecule has 0 N–H and O–H groups in total. The van der Waals surface area contributed by atoms with E-state index in [1.807, 2.05) is 30.3 Å². The first kappa shape index (κ1) is 18.1. The van der Waals surface area contributed by atoms with Gasteiger partial charge in [0.1, 0.15) is 12.4 Å². The summed E-state index contributed by atoms with van der Waals surface area (Å²) in [6.45, 7) is 4.75. The maximum absolute atomic E-state index is 5.98. The van der Waals surface area contributed by atoms with Gasteiger partial charge in [0, 0.05) is 21.7 Å². The Balaban J connectivity index is 1.41. The van der Waals surface area contributed by atoms with Crippen LogP contribution in [0.3, 0.4) is 0 Å². The van der Waals surface area contributed by atoms with E-state index in [1.54, 1.807) is 11.3 Å². The normalized spacial score (nSPS) is 13.9. The van der Waals surface area contributed by atoms with Crippen molar-refractivity contribution in [2.45, 2.75) is 26.7 Å². The summed E-state index contributed by atoms with van der Waals surface area (Å²) >= 11 is 7.70. The van der Waals surface area contributed by atoms with Crippen LogP contribution < -0.4 is 4.74 Å². The van der Waals surface area contributed by atoms with Gasteiger partial charge in [0.05, 0.1) is 5.71 Å². The molecule has 0 radical (unpaired) electrons. The number of ether oxygens (including phenoxy) is 1. The molecule has 3 nitrogen and oxygen atoms in total. The Morgan fingerprint density at radius 1 is 1.22 bits per heavy atom. The smallest absolute Gasteiger partial charge is 0.161 e. The molecule has 27 heavy (non-hydrogen) atoms. The van der Waals surface area contributed by atoms with Gasteiger partial charge in [0.2, 0.25) is 0 Å². The fraction of sp³-hybridized carbons (Fsp3) is 0.227. The standard InChI is InChI=1S/C22H20ClNO2S/c1-3-15-13-27-21-11-19(10-14(2)22(15)21)25-12-18-8-9-20(26-24-18)16-4-6-17(23)7-5-16/h4-7,9-11,13H,3,8,12H2,1-2H3. The van der Waals surface area contributed by atoms with Crippen molar-refractivity contribution in [2.75, 3.05) is 6.61 Å². The highest BCUT2D eigenvalue weighted by Gasteiger charge is 2.13. The minimum atomic E-state index is 0.418. The molecular weight excluding hydrogens is 378 g/mol. The second kappa shape index (κ2) is 7.75. The Kier molecular flexibility index (Phi) is 5.19. The summed E-state index contributed by atoms with van der Waals surface area (Å²) in [5, 5.41) is 8.53. The van der Waals surface area contributed by atoms with Crippen LogP contribution >= 0.6 is 22.9 Å². The number of allylic oxidation sites excluding steroid dienone is 1. The monoisotopic (exact) mass is 397 g/mol. The van der Waals surface area contributed by atoms with Crippen LogP contribution in [-0.4, -0.2) is 12.3 Å². The zero-order valence-corrected chi connectivity index (χ0v) is 16.9. The molecule has 0 saturated heterocycles. The molecule has 0 aliphatic carbocycles. The third-order valence-corrected chi connectivity index (χ3v) is 5.86. The van der Waals surface area contributed by atoms with E-state index in [2.05, 4.69) is 36.5 Å². The summed E-state index contributed by atoms with van der Waals surface area (Å²) < 4.78 is 7.26. The van der Waals surface area contributed by atoms with Gasteiger partial charge in [-0.05, 0) is 77.7 Å². The van der Waals surface area contributed by atoms with E-state index in [0.717, 1.165) is 29.2 Å². The molecule has 1 aliphatic heterocycles. The fourth-order valence-corrected chi connectivity index (χ4v) is 4.47. The highest BCUT2D eigenvalue weighted by atomic mass is 35.5. The first-order valence-corrected chi connectivity index (χ1v) is 10.2. The van der Waals surface area contributed by atoms with E-state index in [4.69, 9.17) is 21.2 Å². The van der Waals surface area contributed by atoms with Gasteiger partial charge in [0.15, 0.2) is 5.76 Å². The van der Waals surface area contributed by atoms with Gasteiger partial charge in [0.25, 0.3) is 0 Å². The molecule has 0 fully saturated rings. The third-order valence-electron chi connectivity index (χ3n) is 4.63. The Labute approximate surface area is 167 Å². The first-order chi connectivity index (χ1) is 13.1. The van der Waals surface area contributed by atoms with Gasteiger partial charge >= 0.3 is 0 Å². The lowest BCUT2D eigenvalue weighted by Crippen LogP contribution is -2.14. The van der Waals surface area contributed by atoms with E-state index in [9.17, 15) is 0 Å². The molecule has 0 unspecified atom stereocenters. The number of halogens is 1. The molecule has 0 atom stereocenters. The van der Waals surface area contributed by atoms with Crippen molar-refractivity contribution in [3.05, 3.63) is 69.6 Å². The van der Waals surface area contributed by atoms with Gasteiger partial charge in [-0.15, -0.1) is 11.3 Å². The molecule has 4 rings (SSSR count). The van der Waals surface area contributed by atoms with Crippen LogP contribution in [-0.2, 0) is 11.3 Å². The van der Waals surface area contributed by atoms with E-state index < -0.39 is 0 Å². The molecule has 3 aromatic rings. The number of nitrogens with zero attached hydrogens (tertiary/aromatic N) is 1. The number of thiophene rings is 1. The van der Waals surface area contributed by atoms with E-state index in [1.165, 1.54) is 21.2 Å². The van der Waals surface area contributed by atoms with Crippen molar-refractivity contribution in [2.24, 2.45) is 5.16 Å². The van der Waals surface area contributed by atoms with Crippen molar-refractivity contribution in [1.82, 2.24) is 0 Å². The average molecular weight is 398 g/mol. The molecule has 0 spiro atoms. The quantitative estimate of drug-likeness (QED) is 0.484. The molecule has 138 valence electrons. The van der Waals surface area contributed by atoms with Crippen LogP contribution in [0.25, 0.3) is 15.8 Å². The van der Waals surface area contributed by atoms with E-state index >= 15 is 0 Å². The molecule has 0 saturated carbocycles. The van der Waals surface area contributed by atoms with Crippen LogP contribution in [0.2, 0.25) is 5.02 Å². The van der Waals surface area contributed by atoms with E-state index in [0.29, 0.717) is 18.1 Å². The molecule has 1 aliphatic rings. The zero-order chi connectivity index (χ0) is 18.8. The maximum atomic E-state index is 5.98. The summed E-state index contributed by atoms with van der Waals surface area (Å²) in [5.74, 6) is 1.62. The highest BCUT2D eigenvalue weighted by Crippen LogP contribution is 2.33.